The SMILES string of the molecule is Cc1ccsc1C=C1SC(N2CCC(Cc3ccccc3)CC2)=NC1=O. The molecule has 3 nitrogen and oxygen atoms in total. The average molecular weight is 383 g/mol. The van der Waals surface area contributed by atoms with Gasteiger partial charge in [0, 0.05) is 18.0 Å². The molecule has 0 atom stereocenters. The van der Waals surface area contributed by atoms with Crippen LogP contribution in [0.1, 0.15) is 28.8 Å². The van der Waals surface area contributed by atoms with Crippen molar-refractivity contribution in [3.63, 3.8) is 0 Å². The van der Waals surface area contributed by atoms with Crippen LogP contribution in [0.15, 0.2) is 51.7 Å². The van der Waals surface area contributed by atoms with Crippen LogP contribution in [0, 0.1) is 12.8 Å². The number of carbonyl (C=O) groups is 1. The summed E-state index contributed by atoms with van der Waals surface area (Å²) in [4.78, 5) is 20.8. The Hall–Kier alpha value is -1.85. The van der Waals surface area contributed by atoms with E-state index in [4.69, 9.17) is 0 Å². The Morgan fingerprint density at radius 3 is 2.65 bits per heavy atom. The quantitative estimate of drug-likeness (QED) is 0.702. The summed E-state index contributed by atoms with van der Waals surface area (Å²) in [7, 11) is 0. The zero-order chi connectivity index (χ0) is 17.9. The monoisotopic (exact) mass is 382 g/mol. The van der Waals surface area contributed by atoms with Gasteiger partial charge in [-0.1, -0.05) is 30.3 Å². The molecule has 4 rings (SSSR count). The van der Waals surface area contributed by atoms with E-state index in [9.17, 15) is 4.79 Å². The fourth-order valence-corrected chi connectivity index (χ4v) is 5.34. The fraction of sp³-hybridized carbons (Fsp3) is 0.333. The molecule has 26 heavy (non-hydrogen) atoms. The molecule has 134 valence electrons. The number of carbonyl (C=O) groups excluding carboxylic acids is 1. The van der Waals surface area contributed by atoms with Crippen molar-refractivity contribution in [2.24, 2.45) is 10.9 Å². The van der Waals surface area contributed by atoms with Crippen LogP contribution >= 0.6 is 23.1 Å². The number of aryl methyl sites for hydroxylation is 1. The van der Waals surface area contributed by atoms with E-state index in [-0.39, 0.29) is 5.91 Å². The van der Waals surface area contributed by atoms with Crippen LogP contribution in [-0.4, -0.2) is 29.1 Å². The zero-order valence-corrected chi connectivity index (χ0v) is 16.5. The Balaban J connectivity index is 1.35. The Morgan fingerprint density at radius 1 is 1.19 bits per heavy atom. The molecule has 2 aliphatic heterocycles. The van der Waals surface area contributed by atoms with Gasteiger partial charge < -0.3 is 4.90 Å². The molecule has 1 amide bonds. The van der Waals surface area contributed by atoms with Crippen molar-refractivity contribution in [3.05, 3.63) is 62.7 Å². The van der Waals surface area contributed by atoms with E-state index in [1.807, 2.05) is 6.08 Å². The van der Waals surface area contributed by atoms with Crippen molar-refractivity contribution in [1.82, 2.24) is 4.90 Å². The molecule has 0 aliphatic carbocycles. The minimum absolute atomic E-state index is 0.0933. The maximum Gasteiger partial charge on any atom is 0.286 e. The lowest BCUT2D eigenvalue weighted by Gasteiger charge is -2.32. The van der Waals surface area contributed by atoms with Crippen LogP contribution in [0.5, 0.6) is 0 Å². The van der Waals surface area contributed by atoms with Crippen LogP contribution in [-0.2, 0) is 11.2 Å². The maximum atomic E-state index is 12.3. The summed E-state index contributed by atoms with van der Waals surface area (Å²) in [6.45, 7) is 4.05. The Labute approximate surface area is 162 Å². The first-order valence-electron chi connectivity index (χ1n) is 9.04. The predicted molar refractivity (Wildman–Crippen MR) is 112 cm³/mol. The van der Waals surface area contributed by atoms with E-state index < -0.39 is 0 Å². The molecule has 0 N–H and O–H groups in total. The van der Waals surface area contributed by atoms with Crippen LogP contribution in [0.4, 0.5) is 0 Å². The third kappa shape index (κ3) is 3.94. The number of aliphatic imine (C=N–C) groups is 1. The van der Waals surface area contributed by atoms with E-state index in [1.54, 1.807) is 11.3 Å². The van der Waals surface area contributed by atoms with Gasteiger partial charge in [-0.25, -0.2) is 0 Å². The molecule has 3 heterocycles. The van der Waals surface area contributed by atoms with Gasteiger partial charge in [-0.3, -0.25) is 4.79 Å². The standard InChI is InChI=1S/C21H22N2OS2/c1-15-9-12-25-18(15)14-19-20(24)22-21(26-19)23-10-7-17(8-11-23)13-16-5-3-2-4-6-16/h2-6,9,12,14,17H,7-8,10-11,13H2,1H3. The number of thiophene rings is 1. The third-order valence-corrected chi connectivity index (χ3v) is 7.04. The first kappa shape index (κ1) is 17.6. The van der Waals surface area contributed by atoms with Gasteiger partial charge in [-0.05, 0) is 72.5 Å². The molecule has 0 spiro atoms. The number of piperidine rings is 1. The summed E-state index contributed by atoms with van der Waals surface area (Å²) in [6, 6.07) is 12.8. The van der Waals surface area contributed by atoms with E-state index in [1.165, 1.54) is 22.9 Å². The van der Waals surface area contributed by atoms with E-state index in [0.29, 0.717) is 0 Å². The number of hydrogen-bond donors (Lipinski definition) is 0. The van der Waals surface area contributed by atoms with Crippen molar-refractivity contribution in [2.45, 2.75) is 26.2 Å². The molecular formula is C21H22N2OS2. The normalized spacial score (nSPS) is 20.0. The van der Waals surface area contributed by atoms with Crippen molar-refractivity contribution in [1.29, 1.82) is 0 Å². The average Bonchev–Trinajstić information content (AvgIpc) is 3.23. The summed E-state index contributed by atoms with van der Waals surface area (Å²) in [6.07, 6.45) is 5.46. The van der Waals surface area contributed by atoms with Gasteiger partial charge in [0.1, 0.15) is 0 Å². The summed E-state index contributed by atoms with van der Waals surface area (Å²) in [5.74, 6) is 0.629. The van der Waals surface area contributed by atoms with Gasteiger partial charge >= 0.3 is 0 Å². The summed E-state index contributed by atoms with van der Waals surface area (Å²) in [5, 5.41) is 2.94. The second-order valence-electron chi connectivity index (χ2n) is 6.90. The number of rotatable bonds is 3. The van der Waals surface area contributed by atoms with Crippen molar-refractivity contribution >= 4 is 40.2 Å². The molecule has 0 saturated carbocycles. The molecule has 2 aliphatic rings. The minimum Gasteiger partial charge on any atom is -0.351 e. The topological polar surface area (TPSA) is 32.7 Å². The van der Waals surface area contributed by atoms with Crippen LogP contribution in [0.25, 0.3) is 6.08 Å². The highest BCUT2D eigenvalue weighted by Gasteiger charge is 2.29. The Bertz CT molecular complexity index is 846. The van der Waals surface area contributed by atoms with Crippen molar-refractivity contribution < 1.29 is 4.79 Å². The summed E-state index contributed by atoms with van der Waals surface area (Å²) >= 11 is 3.20. The number of nitrogens with zero attached hydrogens (tertiary/aromatic N) is 2. The maximum absolute atomic E-state index is 12.3. The van der Waals surface area contributed by atoms with Crippen molar-refractivity contribution in [2.75, 3.05) is 13.1 Å². The molecule has 0 bridgehead atoms. The number of likely N-dealkylation sites (tertiary alicyclic amines) is 1. The first-order valence-corrected chi connectivity index (χ1v) is 10.7. The smallest absolute Gasteiger partial charge is 0.286 e. The van der Waals surface area contributed by atoms with Gasteiger partial charge in [0.25, 0.3) is 5.91 Å². The molecule has 1 aromatic carbocycles. The van der Waals surface area contributed by atoms with Gasteiger partial charge in [-0.2, -0.15) is 4.99 Å². The van der Waals surface area contributed by atoms with E-state index >= 15 is 0 Å². The number of thioether (sulfide) groups is 1. The first-order chi connectivity index (χ1) is 12.7. The fourth-order valence-electron chi connectivity index (χ4n) is 3.46. The lowest BCUT2D eigenvalue weighted by Crippen LogP contribution is -2.37. The molecule has 5 heteroatoms. The van der Waals surface area contributed by atoms with E-state index in [0.717, 1.165) is 53.2 Å². The number of benzene rings is 1. The van der Waals surface area contributed by atoms with Gasteiger partial charge in [0.15, 0.2) is 5.17 Å². The number of amides is 1. The lowest BCUT2D eigenvalue weighted by atomic mass is 9.90. The van der Waals surface area contributed by atoms with Crippen molar-refractivity contribution in [3.8, 4) is 0 Å². The highest BCUT2D eigenvalue weighted by Crippen LogP contribution is 2.34. The highest BCUT2D eigenvalue weighted by atomic mass is 32.2. The number of hydrogen-bond acceptors (Lipinski definition) is 4. The van der Waals surface area contributed by atoms with Crippen LogP contribution in [0.2, 0.25) is 0 Å². The highest BCUT2D eigenvalue weighted by molar-refractivity contribution is 8.18. The Kier molecular flexibility index (Phi) is 5.27. The van der Waals surface area contributed by atoms with Crippen LogP contribution < -0.4 is 0 Å². The summed E-state index contributed by atoms with van der Waals surface area (Å²) < 4.78 is 0. The molecule has 2 aromatic rings. The molecule has 1 aromatic heterocycles. The molecule has 0 radical (unpaired) electrons. The van der Waals surface area contributed by atoms with E-state index in [2.05, 4.69) is 58.6 Å². The number of amidine groups is 1. The Morgan fingerprint density at radius 2 is 1.96 bits per heavy atom. The third-order valence-electron chi connectivity index (χ3n) is 5.03. The van der Waals surface area contributed by atoms with Gasteiger partial charge in [-0.15, -0.1) is 11.3 Å². The predicted octanol–water partition coefficient (Wildman–Crippen LogP) is 4.98. The lowest BCUT2D eigenvalue weighted by molar-refractivity contribution is -0.113. The second kappa shape index (κ2) is 7.80. The molecule has 1 saturated heterocycles. The van der Waals surface area contributed by atoms with Crippen LogP contribution in [0.3, 0.4) is 0 Å². The summed E-state index contributed by atoms with van der Waals surface area (Å²) in [5.41, 5.74) is 2.64. The molecule has 1 fully saturated rings. The second-order valence-corrected chi connectivity index (χ2v) is 8.85. The largest absolute Gasteiger partial charge is 0.351 e. The molecular weight excluding hydrogens is 360 g/mol. The molecule has 0 unspecified atom stereocenters. The van der Waals surface area contributed by atoms with Gasteiger partial charge in [0.2, 0.25) is 0 Å². The minimum atomic E-state index is -0.0933. The van der Waals surface area contributed by atoms with Gasteiger partial charge in [0.05, 0.1) is 4.91 Å². The zero-order valence-electron chi connectivity index (χ0n) is 14.9.